The number of hydrogen-bond donors (Lipinski definition) is 3. The fourth-order valence-electron chi connectivity index (χ4n) is 2.43. The van der Waals surface area contributed by atoms with Crippen molar-refractivity contribution in [1.82, 2.24) is 20.6 Å². The number of hydrogen-bond acceptors (Lipinski definition) is 5. The molecular weight excluding hydrogens is 380 g/mol. The van der Waals surface area contributed by atoms with E-state index in [4.69, 9.17) is 0 Å². The lowest BCUT2D eigenvalue weighted by molar-refractivity contribution is -0.123. The molecule has 2 amide bonds. The molecule has 1 aromatic carbocycles. The topological polar surface area (TPSA) is 117 Å². The zero-order valence-corrected chi connectivity index (χ0v) is 16.8. The van der Waals surface area contributed by atoms with Crippen LogP contribution in [0.5, 0.6) is 0 Å². The molecule has 0 aliphatic heterocycles. The normalized spacial score (nSPS) is 12.4. The van der Waals surface area contributed by atoms with Gasteiger partial charge in [-0.1, -0.05) is 31.5 Å². The predicted molar refractivity (Wildman–Crippen MR) is 105 cm³/mol. The van der Waals surface area contributed by atoms with E-state index in [9.17, 15) is 18.0 Å². The van der Waals surface area contributed by atoms with Gasteiger partial charge in [-0.05, 0) is 43.5 Å². The van der Waals surface area contributed by atoms with Crippen molar-refractivity contribution in [3.63, 3.8) is 0 Å². The van der Waals surface area contributed by atoms with Crippen LogP contribution in [0.1, 0.15) is 36.2 Å². The van der Waals surface area contributed by atoms with Gasteiger partial charge in [0.15, 0.2) is 0 Å². The Morgan fingerprint density at radius 3 is 2.18 bits per heavy atom. The van der Waals surface area contributed by atoms with E-state index < -0.39 is 27.9 Å². The van der Waals surface area contributed by atoms with Gasteiger partial charge < -0.3 is 0 Å². The van der Waals surface area contributed by atoms with Gasteiger partial charge in [0.25, 0.3) is 11.8 Å². The van der Waals surface area contributed by atoms with Gasteiger partial charge in [-0.15, -0.1) is 0 Å². The summed E-state index contributed by atoms with van der Waals surface area (Å²) in [5, 5.41) is 0. The van der Waals surface area contributed by atoms with Crippen LogP contribution >= 0.6 is 0 Å². The molecule has 8 nitrogen and oxygen atoms in total. The molecule has 1 aromatic heterocycles. The maximum Gasteiger partial charge on any atom is 0.269 e. The Bertz CT molecular complexity index is 913. The van der Waals surface area contributed by atoms with Gasteiger partial charge in [-0.2, -0.15) is 4.72 Å². The number of benzene rings is 1. The summed E-state index contributed by atoms with van der Waals surface area (Å²) in [6.07, 6.45) is 3.17. The lowest BCUT2D eigenvalue weighted by atomic mass is 10.0. The molecule has 9 heteroatoms. The summed E-state index contributed by atoms with van der Waals surface area (Å²) >= 11 is 0. The fourth-order valence-corrected chi connectivity index (χ4v) is 3.64. The number of rotatable bonds is 7. The molecule has 0 bridgehead atoms. The van der Waals surface area contributed by atoms with Crippen LogP contribution < -0.4 is 15.6 Å². The average molecular weight is 404 g/mol. The molecule has 0 radical (unpaired) electrons. The lowest BCUT2D eigenvalue weighted by Gasteiger charge is -2.20. The summed E-state index contributed by atoms with van der Waals surface area (Å²) < 4.78 is 27.7. The first kappa shape index (κ1) is 21.5. The molecule has 28 heavy (non-hydrogen) atoms. The minimum atomic E-state index is -3.89. The van der Waals surface area contributed by atoms with Crippen molar-refractivity contribution >= 4 is 21.8 Å². The van der Waals surface area contributed by atoms with Gasteiger partial charge in [0.2, 0.25) is 10.0 Å². The van der Waals surface area contributed by atoms with Crippen molar-refractivity contribution < 1.29 is 18.0 Å². The van der Waals surface area contributed by atoms with E-state index in [1.54, 1.807) is 12.1 Å². The number of pyridine rings is 1. The van der Waals surface area contributed by atoms with Crippen molar-refractivity contribution in [2.24, 2.45) is 5.92 Å². The Balaban J connectivity index is 2.08. The number of amides is 2. The number of aryl methyl sites for hydroxylation is 1. The van der Waals surface area contributed by atoms with Gasteiger partial charge in [0, 0.05) is 18.0 Å². The van der Waals surface area contributed by atoms with Crippen molar-refractivity contribution in [2.45, 2.75) is 38.1 Å². The molecule has 0 fully saturated rings. The first-order chi connectivity index (χ1) is 13.2. The molecule has 3 N–H and O–H groups in total. The van der Waals surface area contributed by atoms with Crippen molar-refractivity contribution in [3.8, 4) is 0 Å². The van der Waals surface area contributed by atoms with Crippen molar-refractivity contribution in [1.29, 1.82) is 0 Å². The molecular formula is C19H24N4O4S. The Hall–Kier alpha value is -2.78. The number of aromatic nitrogens is 1. The van der Waals surface area contributed by atoms with Crippen LogP contribution in [-0.2, 0) is 14.8 Å². The Morgan fingerprint density at radius 1 is 1.00 bits per heavy atom. The average Bonchev–Trinajstić information content (AvgIpc) is 2.65. The number of hydrazine groups is 1. The van der Waals surface area contributed by atoms with Gasteiger partial charge in [0.05, 0.1) is 4.90 Å². The third-order valence-corrected chi connectivity index (χ3v) is 5.38. The van der Waals surface area contributed by atoms with E-state index >= 15 is 0 Å². The second-order valence-electron chi connectivity index (χ2n) is 6.80. The van der Waals surface area contributed by atoms with E-state index in [2.05, 4.69) is 20.6 Å². The fraction of sp³-hybridized carbons (Fsp3) is 0.316. The first-order valence-electron chi connectivity index (χ1n) is 8.78. The van der Waals surface area contributed by atoms with Crippen molar-refractivity contribution in [3.05, 3.63) is 59.9 Å². The molecule has 0 saturated heterocycles. The monoisotopic (exact) mass is 404 g/mol. The summed E-state index contributed by atoms with van der Waals surface area (Å²) in [5.41, 5.74) is 5.81. The minimum absolute atomic E-state index is 0.0485. The number of nitrogens with one attached hydrogen (secondary N) is 3. The number of carbonyl (C=O) groups is 2. The number of carbonyl (C=O) groups excluding carboxylic acids is 2. The molecule has 2 aromatic rings. The summed E-state index contributed by atoms with van der Waals surface area (Å²) in [7, 11) is -3.89. The van der Waals surface area contributed by atoms with Crippen LogP contribution in [0, 0.1) is 12.8 Å². The highest BCUT2D eigenvalue weighted by molar-refractivity contribution is 7.89. The standard InChI is InChI=1S/C19H24N4O4S/c1-13(2)12-17(23-28(26,27)16-6-4-14(3)5-7-16)19(25)22-21-18(24)15-8-10-20-11-9-15/h4-11,13,17,23H,12H2,1-3H3,(H,21,24)(H,22,25). The van der Waals surface area contributed by atoms with Crippen molar-refractivity contribution in [2.75, 3.05) is 0 Å². The first-order valence-corrected chi connectivity index (χ1v) is 10.3. The second kappa shape index (κ2) is 9.43. The van der Waals surface area contributed by atoms with E-state index in [1.807, 2.05) is 20.8 Å². The summed E-state index contributed by atoms with van der Waals surface area (Å²) in [6.45, 7) is 5.59. The maximum absolute atomic E-state index is 12.6. The molecule has 1 heterocycles. The SMILES string of the molecule is Cc1ccc(S(=O)(=O)NC(CC(C)C)C(=O)NNC(=O)c2ccncc2)cc1. The second-order valence-corrected chi connectivity index (χ2v) is 8.51. The molecule has 0 spiro atoms. The smallest absolute Gasteiger partial charge is 0.269 e. The summed E-state index contributed by atoms with van der Waals surface area (Å²) in [6, 6.07) is 8.27. The number of nitrogens with zero attached hydrogens (tertiary/aromatic N) is 1. The highest BCUT2D eigenvalue weighted by Gasteiger charge is 2.27. The zero-order valence-electron chi connectivity index (χ0n) is 16.0. The van der Waals surface area contributed by atoms with Crippen LogP contribution in [0.25, 0.3) is 0 Å². The van der Waals surface area contributed by atoms with E-state index in [-0.39, 0.29) is 17.2 Å². The quantitative estimate of drug-likeness (QED) is 0.605. The predicted octanol–water partition coefficient (Wildman–Crippen LogP) is 1.54. The zero-order chi connectivity index (χ0) is 20.7. The van der Waals surface area contributed by atoms with Crippen LogP contribution in [0.2, 0.25) is 0 Å². The molecule has 1 unspecified atom stereocenters. The summed E-state index contributed by atoms with van der Waals surface area (Å²) in [4.78, 5) is 28.4. The van der Waals surface area contributed by atoms with Gasteiger partial charge in [-0.25, -0.2) is 8.42 Å². The minimum Gasteiger partial charge on any atom is -0.271 e. The lowest BCUT2D eigenvalue weighted by Crippen LogP contribution is -2.52. The molecule has 0 aliphatic carbocycles. The van der Waals surface area contributed by atoms with Gasteiger partial charge in [0.1, 0.15) is 6.04 Å². The van der Waals surface area contributed by atoms with Crippen LogP contribution in [0.4, 0.5) is 0 Å². The van der Waals surface area contributed by atoms with Crippen LogP contribution in [0.3, 0.4) is 0 Å². The van der Waals surface area contributed by atoms with Gasteiger partial charge in [-0.3, -0.25) is 25.4 Å². The molecule has 150 valence electrons. The summed E-state index contributed by atoms with van der Waals surface area (Å²) in [5.74, 6) is -1.13. The molecule has 0 saturated carbocycles. The Kier molecular flexibility index (Phi) is 7.24. The van der Waals surface area contributed by atoms with E-state index in [0.29, 0.717) is 5.56 Å². The van der Waals surface area contributed by atoms with Gasteiger partial charge >= 0.3 is 0 Å². The molecule has 0 aliphatic rings. The maximum atomic E-state index is 12.6. The third kappa shape index (κ3) is 6.14. The Labute approximate surface area is 164 Å². The molecule has 1 atom stereocenters. The van der Waals surface area contributed by atoms with Crippen LogP contribution in [-0.4, -0.2) is 31.3 Å². The molecule has 2 rings (SSSR count). The highest BCUT2D eigenvalue weighted by Crippen LogP contribution is 2.13. The largest absolute Gasteiger partial charge is 0.271 e. The van der Waals surface area contributed by atoms with E-state index in [0.717, 1.165) is 5.56 Å². The third-order valence-electron chi connectivity index (χ3n) is 3.89. The van der Waals surface area contributed by atoms with Crippen LogP contribution in [0.15, 0.2) is 53.7 Å². The number of sulfonamides is 1. The highest BCUT2D eigenvalue weighted by atomic mass is 32.2. The van der Waals surface area contributed by atoms with E-state index in [1.165, 1.54) is 36.7 Å². The Morgan fingerprint density at radius 2 is 1.61 bits per heavy atom.